The van der Waals surface area contributed by atoms with Crippen LogP contribution in [0.25, 0.3) is 0 Å². The summed E-state index contributed by atoms with van der Waals surface area (Å²) in [7, 11) is -3.12. The van der Waals surface area contributed by atoms with E-state index in [1.165, 1.54) is 11.1 Å². The Balaban J connectivity index is 1.82. The molecule has 2 N–H and O–H groups in total. The number of hydrogen-bond donors (Lipinski definition) is 2. The molecule has 6 heteroatoms. The number of sulfonamides is 1. The Kier molecular flexibility index (Phi) is 5.61. The van der Waals surface area contributed by atoms with E-state index in [1.54, 1.807) is 6.92 Å². The zero-order chi connectivity index (χ0) is 15.3. The third-order valence-corrected chi connectivity index (χ3v) is 4.98. The number of hydrogen-bond acceptors (Lipinski definition) is 4. The molecule has 0 aromatic heterocycles. The molecule has 0 aliphatic carbocycles. The van der Waals surface area contributed by atoms with E-state index < -0.39 is 10.0 Å². The van der Waals surface area contributed by atoms with Crippen molar-refractivity contribution in [2.75, 3.05) is 18.9 Å². The predicted molar refractivity (Wildman–Crippen MR) is 84.0 cm³/mol. The number of ether oxygens (including phenoxy) is 1. The van der Waals surface area contributed by atoms with Crippen LogP contribution < -0.4 is 14.8 Å². The first-order valence-electron chi connectivity index (χ1n) is 7.45. The van der Waals surface area contributed by atoms with Crippen molar-refractivity contribution in [1.82, 2.24) is 10.0 Å². The zero-order valence-electron chi connectivity index (χ0n) is 12.7. The van der Waals surface area contributed by atoms with E-state index in [0.717, 1.165) is 31.7 Å². The lowest BCUT2D eigenvalue weighted by atomic mass is 10.0. The lowest BCUT2D eigenvalue weighted by molar-refractivity contribution is 0.288. The van der Waals surface area contributed by atoms with Crippen molar-refractivity contribution in [3.63, 3.8) is 0 Å². The summed E-state index contributed by atoms with van der Waals surface area (Å²) < 4.78 is 31.0. The van der Waals surface area contributed by atoms with Gasteiger partial charge in [0.2, 0.25) is 10.0 Å². The van der Waals surface area contributed by atoms with Crippen molar-refractivity contribution in [2.45, 2.75) is 39.3 Å². The predicted octanol–water partition coefficient (Wildman–Crippen LogP) is 1.43. The molecule has 0 unspecified atom stereocenters. The molecule has 1 aromatic rings. The summed E-state index contributed by atoms with van der Waals surface area (Å²) in [5.74, 6) is 1.11. The lowest BCUT2D eigenvalue weighted by Crippen LogP contribution is -2.39. The van der Waals surface area contributed by atoms with Crippen molar-refractivity contribution in [3.05, 3.63) is 29.3 Å². The molecule has 0 saturated carbocycles. The van der Waals surface area contributed by atoms with Crippen molar-refractivity contribution >= 4 is 10.0 Å². The fourth-order valence-corrected chi connectivity index (χ4v) is 2.95. The molecule has 21 heavy (non-hydrogen) atoms. The highest BCUT2D eigenvalue weighted by Crippen LogP contribution is 2.25. The Labute approximate surface area is 127 Å². The van der Waals surface area contributed by atoms with E-state index in [9.17, 15) is 8.42 Å². The quantitative estimate of drug-likeness (QED) is 0.799. The van der Waals surface area contributed by atoms with Gasteiger partial charge in [-0.1, -0.05) is 12.1 Å². The van der Waals surface area contributed by atoms with Crippen LogP contribution in [0.15, 0.2) is 18.2 Å². The summed E-state index contributed by atoms with van der Waals surface area (Å²) in [5, 5.41) is 3.33. The van der Waals surface area contributed by atoms with Gasteiger partial charge in [0.05, 0.1) is 12.4 Å². The van der Waals surface area contributed by atoms with Gasteiger partial charge in [0.25, 0.3) is 0 Å². The minimum Gasteiger partial charge on any atom is -0.493 e. The van der Waals surface area contributed by atoms with Crippen LogP contribution in [0, 0.1) is 0 Å². The van der Waals surface area contributed by atoms with Crippen LogP contribution in [-0.4, -0.2) is 33.4 Å². The Morgan fingerprint density at radius 2 is 2.19 bits per heavy atom. The summed E-state index contributed by atoms with van der Waals surface area (Å²) in [5.41, 5.74) is 2.46. The molecule has 1 aromatic carbocycles. The van der Waals surface area contributed by atoms with E-state index in [-0.39, 0.29) is 11.8 Å². The first-order valence-corrected chi connectivity index (χ1v) is 9.10. The smallest absolute Gasteiger partial charge is 0.211 e. The van der Waals surface area contributed by atoms with Gasteiger partial charge in [-0.05, 0) is 43.9 Å². The first kappa shape index (κ1) is 16.3. The maximum atomic E-state index is 11.4. The van der Waals surface area contributed by atoms with Crippen LogP contribution in [0.4, 0.5) is 0 Å². The van der Waals surface area contributed by atoms with E-state index in [1.807, 2.05) is 13.0 Å². The number of fused-ring (bicyclic) bond motifs is 1. The molecule has 0 amide bonds. The van der Waals surface area contributed by atoms with E-state index in [2.05, 4.69) is 22.2 Å². The third kappa shape index (κ3) is 4.98. The number of benzene rings is 1. The van der Waals surface area contributed by atoms with Crippen molar-refractivity contribution in [2.24, 2.45) is 0 Å². The van der Waals surface area contributed by atoms with Gasteiger partial charge >= 0.3 is 0 Å². The molecule has 0 radical (unpaired) electrons. The Morgan fingerprint density at radius 1 is 1.38 bits per heavy atom. The average molecular weight is 312 g/mol. The topological polar surface area (TPSA) is 67.4 Å². The summed E-state index contributed by atoms with van der Waals surface area (Å²) >= 11 is 0. The average Bonchev–Trinajstić information content (AvgIpc) is 2.51. The van der Waals surface area contributed by atoms with Crippen LogP contribution in [0.3, 0.4) is 0 Å². The third-order valence-electron chi connectivity index (χ3n) is 3.62. The van der Waals surface area contributed by atoms with Crippen molar-refractivity contribution in [1.29, 1.82) is 0 Å². The molecule has 5 nitrogen and oxygen atoms in total. The van der Waals surface area contributed by atoms with Crippen molar-refractivity contribution < 1.29 is 13.2 Å². The SMILES string of the molecule is CCS(=O)(=O)NC[C@@H](C)NCc1ccc2c(c1)CCCO2. The monoisotopic (exact) mass is 312 g/mol. The second kappa shape index (κ2) is 7.24. The van der Waals surface area contributed by atoms with E-state index >= 15 is 0 Å². The lowest BCUT2D eigenvalue weighted by Gasteiger charge is -2.19. The summed E-state index contributed by atoms with van der Waals surface area (Å²) in [6, 6.07) is 6.33. The second-order valence-corrected chi connectivity index (χ2v) is 7.52. The Hall–Kier alpha value is -1.11. The molecule has 0 saturated heterocycles. The zero-order valence-corrected chi connectivity index (χ0v) is 13.5. The number of aryl methyl sites for hydroxylation is 1. The molecule has 0 fully saturated rings. The van der Waals surface area contributed by atoms with Crippen LogP contribution >= 0.6 is 0 Å². The number of rotatable bonds is 7. The van der Waals surface area contributed by atoms with Gasteiger partial charge in [-0.25, -0.2) is 13.1 Å². The normalized spacial score (nSPS) is 16.1. The highest BCUT2D eigenvalue weighted by Gasteiger charge is 2.12. The largest absolute Gasteiger partial charge is 0.493 e. The van der Waals surface area contributed by atoms with Crippen LogP contribution in [-0.2, 0) is 23.0 Å². The van der Waals surface area contributed by atoms with Gasteiger partial charge in [0.15, 0.2) is 0 Å². The molecule has 118 valence electrons. The minimum absolute atomic E-state index is 0.0820. The van der Waals surface area contributed by atoms with Gasteiger partial charge < -0.3 is 10.1 Å². The maximum Gasteiger partial charge on any atom is 0.211 e. The second-order valence-electron chi connectivity index (χ2n) is 5.43. The molecule has 0 bridgehead atoms. The fourth-order valence-electron chi connectivity index (χ4n) is 2.24. The molecule has 1 atom stereocenters. The molecule has 0 spiro atoms. The Morgan fingerprint density at radius 3 is 2.95 bits per heavy atom. The summed E-state index contributed by atoms with van der Waals surface area (Å²) in [4.78, 5) is 0. The van der Waals surface area contributed by atoms with Gasteiger partial charge in [-0.15, -0.1) is 0 Å². The highest BCUT2D eigenvalue weighted by molar-refractivity contribution is 7.89. The Bertz CT molecular complexity index is 572. The molecular formula is C15H24N2O3S. The van der Waals surface area contributed by atoms with E-state index in [4.69, 9.17) is 4.74 Å². The molecule has 1 heterocycles. The molecular weight excluding hydrogens is 288 g/mol. The van der Waals surface area contributed by atoms with Crippen LogP contribution in [0.5, 0.6) is 5.75 Å². The molecule has 1 aliphatic rings. The van der Waals surface area contributed by atoms with E-state index in [0.29, 0.717) is 6.54 Å². The summed E-state index contributed by atoms with van der Waals surface area (Å²) in [6.07, 6.45) is 2.13. The maximum absolute atomic E-state index is 11.4. The van der Waals surface area contributed by atoms with Crippen LogP contribution in [0.1, 0.15) is 31.4 Å². The molecule has 1 aliphatic heterocycles. The van der Waals surface area contributed by atoms with Gasteiger partial charge in [-0.2, -0.15) is 0 Å². The standard InChI is InChI=1S/C15H24N2O3S/c1-3-21(18,19)17-10-12(2)16-11-13-6-7-15-14(9-13)5-4-8-20-15/h6-7,9,12,16-17H,3-5,8,10-11H2,1-2H3/t12-/m1/s1. The number of nitrogens with one attached hydrogen (secondary N) is 2. The fraction of sp³-hybridized carbons (Fsp3) is 0.600. The van der Waals surface area contributed by atoms with Crippen LogP contribution in [0.2, 0.25) is 0 Å². The van der Waals surface area contributed by atoms with Gasteiger partial charge in [0.1, 0.15) is 5.75 Å². The highest BCUT2D eigenvalue weighted by atomic mass is 32.2. The molecule has 2 rings (SSSR count). The van der Waals surface area contributed by atoms with Gasteiger partial charge in [0, 0.05) is 19.1 Å². The van der Waals surface area contributed by atoms with Gasteiger partial charge in [-0.3, -0.25) is 0 Å². The van der Waals surface area contributed by atoms with Crippen molar-refractivity contribution in [3.8, 4) is 5.75 Å². The minimum atomic E-state index is -3.12. The summed E-state index contributed by atoms with van der Waals surface area (Å²) in [6.45, 7) is 5.54. The first-order chi connectivity index (χ1) is 10.00.